The van der Waals surface area contributed by atoms with Crippen molar-refractivity contribution < 1.29 is 19.1 Å². The highest BCUT2D eigenvalue weighted by Crippen LogP contribution is 2.41. The molecule has 0 saturated heterocycles. The Morgan fingerprint density at radius 1 is 1.05 bits per heavy atom. The number of hydrogen-bond acceptors (Lipinski definition) is 7. The molecule has 212 valence electrons. The van der Waals surface area contributed by atoms with E-state index in [9.17, 15) is 9.90 Å². The molecule has 3 fully saturated rings. The fourth-order valence-corrected chi connectivity index (χ4v) is 6.46. The molecule has 0 unspecified atom stereocenters. The van der Waals surface area contributed by atoms with Crippen molar-refractivity contribution in [3.63, 3.8) is 0 Å². The summed E-state index contributed by atoms with van der Waals surface area (Å²) in [5, 5.41) is 11.5. The highest BCUT2D eigenvalue weighted by molar-refractivity contribution is 5.99. The molecular weight excluding hydrogens is 504 g/mol. The maximum absolute atomic E-state index is 14.0. The second-order valence-electron chi connectivity index (χ2n) is 12.0. The number of anilines is 1. The molecule has 6 rings (SSSR count). The molecule has 3 aliphatic rings. The maximum Gasteiger partial charge on any atom is 0.260 e. The largest absolute Gasteiger partial charge is 0.495 e. The van der Waals surface area contributed by atoms with Gasteiger partial charge in [-0.05, 0) is 88.5 Å². The third-order valence-corrected chi connectivity index (χ3v) is 9.07. The van der Waals surface area contributed by atoms with Gasteiger partial charge in [0.05, 0.1) is 12.8 Å². The molecule has 0 radical (unpaired) electrons. The molecule has 1 amide bonds. The third kappa shape index (κ3) is 5.64. The van der Waals surface area contributed by atoms with Gasteiger partial charge in [0.15, 0.2) is 5.89 Å². The van der Waals surface area contributed by atoms with Gasteiger partial charge in [0.25, 0.3) is 5.91 Å². The maximum atomic E-state index is 14.0. The minimum absolute atomic E-state index is 0.217. The van der Waals surface area contributed by atoms with Crippen LogP contribution in [0.25, 0.3) is 11.3 Å². The van der Waals surface area contributed by atoms with Gasteiger partial charge < -0.3 is 14.3 Å². The zero-order valence-electron chi connectivity index (χ0n) is 23.6. The van der Waals surface area contributed by atoms with Crippen LogP contribution in [-0.2, 0) is 4.79 Å². The Kier molecular flexibility index (Phi) is 7.62. The number of aryl methyl sites for hydroxylation is 1. The average Bonchev–Trinajstić information content (AvgIpc) is 3.72. The summed E-state index contributed by atoms with van der Waals surface area (Å²) in [6.07, 6.45) is 13.5. The summed E-state index contributed by atoms with van der Waals surface area (Å²) >= 11 is 0. The van der Waals surface area contributed by atoms with E-state index >= 15 is 0 Å². The van der Waals surface area contributed by atoms with E-state index in [0.717, 1.165) is 92.1 Å². The van der Waals surface area contributed by atoms with Gasteiger partial charge in [0.2, 0.25) is 0 Å². The van der Waals surface area contributed by atoms with Crippen molar-refractivity contribution in [2.24, 2.45) is 5.92 Å². The number of aromatic nitrogens is 3. The van der Waals surface area contributed by atoms with Crippen molar-refractivity contribution in [2.45, 2.75) is 95.0 Å². The number of oxazole rings is 1. The highest BCUT2D eigenvalue weighted by Gasteiger charge is 2.42. The van der Waals surface area contributed by atoms with Crippen LogP contribution in [0.5, 0.6) is 5.75 Å². The van der Waals surface area contributed by atoms with Crippen molar-refractivity contribution in [1.29, 1.82) is 0 Å². The van der Waals surface area contributed by atoms with E-state index in [-0.39, 0.29) is 5.91 Å². The first-order chi connectivity index (χ1) is 19.4. The normalized spacial score (nSPS) is 22.6. The molecule has 8 heteroatoms. The Hall–Kier alpha value is -3.26. The van der Waals surface area contributed by atoms with Crippen LogP contribution in [0.15, 0.2) is 41.1 Å². The van der Waals surface area contributed by atoms with Crippen molar-refractivity contribution in [3.8, 4) is 17.0 Å². The lowest BCUT2D eigenvalue weighted by Gasteiger charge is -2.38. The number of ether oxygens (including phenoxy) is 1. The first-order valence-corrected chi connectivity index (χ1v) is 14.9. The highest BCUT2D eigenvalue weighted by atomic mass is 16.5. The van der Waals surface area contributed by atoms with Gasteiger partial charge in [-0.15, -0.1) is 0 Å². The smallest absolute Gasteiger partial charge is 0.260 e. The zero-order chi connectivity index (χ0) is 27.7. The number of carbonyl (C=O) groups excluding carboxylic acids is 1. The Balaban J connectivity index is 1.21. The quantitative estimate of drug-likeness (QED) is 0.354. The third-order valence-electron chi connectivity index (χ3n) is 9.07. The van der Waals surface area contributed by atoms with E-state index in [1.807, 2.05) is 25.1 Å². The lowest BCUT2D eigenvalue weighted by molar-refractivity contribution is -0.140. The van der Waals surface area contributed by atoms with E-state index < -0.39 is 5.60 Å². The van der Waals surface area contributed by atoms with Gasteiger partial charge in [0, 0.05) is 35.8 Å². The zero-order valence-corrected chi connectivity index (χ0v) is 23.6. The van der Waals surface area contributed by atoms with Gasteiger partial charge in [-0.1, -0.05) is 19.3 Å². The number of hydrogen-bond donors (Lipinski definition) is 1. The van der Waals surface area contributed by atoms with Crippen molar-refractivity contribution in [2.75, 3.05) is 18.6 Å². The van der Waals surface area contributed by atoms with Crippen LogP contribution >= 0.6 is 0 Å². The second-order valence-corrected chi connectivity index (χ2v) is 12.0. The summed E-state index contributed by atoms with van der Waals surface area (Å²) in [6, 6.07) is 7.93. The predicted octanol–water partition coefficient (Wildman–Crippen LogP) is 6.33. The van der Waals surface area contributed by atoms with Crippen LogP contribution in [0.2, 0.25) is 0 Å². The van der Waals surface area contributed by atoms with E-state index in [1.165, 1.54) is 0 Å². The van der Waals surface area contributed by atoms with Crippen LogP contribution < -0.4 is 9.64 Å². The number of aliphatic hydroxyl groups is 1. The van der Waals surface area contributed by atoms with E-state index in [4.69, 9.17) is 19.1 Å². The van der Waals surface area contributed by atoms with E-state index in [1.54, 1.807) is 24.5 Å². The van der Waals surface area contributed by atoms with E-state index in [2.05, 4.69) is 11.1 Å². The Morgan fingerprint density at radius 2 is 1.80 bits per heavy atom. The average molecular weight is 545 g/mol. The second kappa shape index (κ2) is 11.3. The van der Waals surface area contributed by atoms with Gasteiger partial charge in [-0.2, -0.15) is 0 Å². The summed E-state index contributed by atoms with van der Waals surface area (Å²) in [5.74, 6) is 3.12. The van der Waals surface area contributed by atoms with Crippen molar-refractivity contribution in [3.05, 3.63) is 54.0 Å². The van der Waals surface area contributed by atoms with Crippen LogP contribution in [0, 0.1) is 12.8 Å². The SMILES string of the molecule is COc1ccc(C2CCC(CN(C(=O)C3(O)CCCCC3)c3cc(-c4coc(C5CC5)n4)ccn3)CC2)nc1C. The molecule has 3 aromatic heterocycles. The molecular formula is C32H40N4O4. The first kappa shape index (κ1) is 26.9. The summed E-state index contributed by atoms with van der Waals surface area (Å²) in [5.41, 5.74) is 2.34. The minimum Gasteiger partial charge on any atom is -0.495 e. The van der Waals surface area contributed by atoms with Crippen LogP contribution in [0.1, 0.15) is 99.7 Å². The molecule has 1 N–H and O–H groups in total. The molecule has 0 spiro atoms. The summed E-state index contributed by atoms with van der Waals surface area (Å²) in [7, 11) is 1.67. The molecule has 0 aliphatic heterocycles. The lowest BCUT2D eigenvalue weighted by atomic mass is 9.79. The molecule has 0 aromatic carbocycles. The molecule has 3 aliphatic carbocycles. The predicted molar refractivity (Wildman–Crippen MR) is 152 cm³/mol. The first-order valence-electron chi connectivity index (χ1n) is 14.9. The summed E-state index contributed by atoms with van der Waals surface area (Å²) in [6.45, 7) is 2.53. The number of carbonyl (C=O) groups is 1. The van der Waals surface area contributed by atoms with Crippen LogP contribution in [0.3, 0.4) is 0 Å². The van der Waals surface area contributed by atoms with Gasteiger partial charge in [0.1, 0.15) is 29.1 Å². The van der Waals surface area contributed by atoms with E-state index in [0.29, 0.717) is 43.0 Å². The van der Waals surface area contributed by atoms with Gasteiger partial charge in [-0.3, -0.25) is 14.7 Å². The molecule has 8 nitrogen and oxygen atoms in total. The fourth-order valence-electron chi connectivity index (χ4n) is 6.46. The number of nitrogens with zero attached hydrogens (tertiary/aromatic N) is 4. The van der Waals surface area contributed by atoms with Gasteiger partial charge >= 0.3 is 0 Å². The molecule has 3 aromatic rings. The summed E-state index contributed by atoms with van der Waals surface area (Å²) < 4.78 is 11.1. The summed E-state index contributed by atoms with van der Waals surface area (Å²) in [4.78, 5) is 29.9. The fraction of sp³-hybridized carbons (Fsp3) is 0.562. The number of methoxy groups -OCH3 is 1. The number of rotatable bonds is 8. The van der Waals surface area contributed by atoms with Crippen molar-refractivity contribution in [1.82, 2.24) is 15.0 Å². The van der Waals surface area contributed by atoms with Gasteiger partial charge in [-0.25, -0.2) is 9.97 Å². The number of pyridine rings is 2. The Bertz CT molecular complexity index is 1340. The Labute approximate surface area is 236 Å². The molecule has 0 atom stereocenters. The Morgan fingerprint density at radius 3 is 2.50 bits per heavy atom. The monoisotopic (exact) mass is 544 g/mol. The van der Waals surface area contributed by atoms with Crippen LogP contribution in [-0.4, -0.2) is 45.2 Å². The molecule has 3 saturated carbocycles. The molecule has 40 heavy (non-hydrogen) atoms. The van der Waals surface area contributed by atoms with Crippen molar-refractivity contribution >= 4 is 11.7 Å². The van der Waals surface area contributed by atoms with Crippen LogP contribution in [0.4, 0.5) is 5.82 Å². The lowest BCUT2D eigenvalue weighted by Crippen LogP contribution is -2.52. The standard InChI is InChI=1S/C32H40N4O4/c1-21-28(39-2)13-12-26(34-21)23-8-6-22(7-9-23)19-36(31(37)32(38)15-4-3-5-16-32)29-18-25(14-17-33-29)27-20-40-30(35-27)24-10-11-24/h12-14,17-18,20,22-24,38H,3-11,15-16,19H2,1-2H3. The minimum atomic E-state index is -1.33. The molecule has 0 bridgehead atoms. The number of amides is 1. The molecule has 3 heterocycles. The topological polar surface area (TPSA) is 102 Å².